The van der Waals surface area contributed by atoms with Gasteiger partial charge in [-0.1, -0.05) is 13.8 Å². The van der Waals surface area contributed by atoms with Crippen LogP contribution in [-0.2, 0) is 4.79 Å². The maximum absolute atomic E-state index is 11.9. The molecule has 0 spiro atoms. The average molecular weight is 290 g/mol. The van der Waals surface area contributed by atoms with E-state index in [0.717, 1.165) is 32.1 Å². The minimum Gasteiger partial charge on any atom is -0.389 e. The molecule has 0 bridgehead atoms. The summed E-state index contributed by atoms with van der Waals surface area (Å²) in [4.78, 5) is 11.9. The molecule has 6 unspecified atom stereocenters. The van der Waals surface area contributed by atoms with E-state index in [1.807, 2.05) is 0 Å². The van der Waals surface area contributed by atoms with Gasteiger partial charge >= 0.3 is 0 Å². The summed E-state index contributed by atoms with van der Waals surface area (Å²) in [6.07, 6.45) is 10.9. The first-order valence-electron chi connectivity index (χ1n) is 9.13. The van der Waals surface area contributed by atoms with Crippen LogP contribution in [0.4, 0.5) is 0 Å². The van der Waals surface area contributed by atoms with Crippen LogP contribution < -0.4 is 0 Å². The van der Waals surface area contributed by atoms with E-state index in [1.54, 1.807) is 0 Å². The van der Waals surface area contributed by atoms with E-state index in [4.69, 9.17) is 0 Å². The van der Waals surface area contributed by atoms with Crippen LogP contribution in [0.1, 0.15) is 78.1 Å². The van der Waals surface area contributed by atoms with Crippen molar-refractivity contribution in [3.8, 4) is 0 Å². The molecule has 0 saturated heterocycles. The number of carbonyl (C=O) groups is 1. The van der Waals surface area contributed by atoms with Gasteiger partial charge in [-0.15, -0.1) is 0 Å². The lowest BCUT2D eigenvalue weighted by molar-refractivity contribution is -0.197. The standard InChI is InChI=1S/C19H30O2/c1-17-8-3-9-19(17,21)16-5-4-13-12-14(20)6-11-18(13,2)15(16)7-10-17/h13,15-16,21H,3-12H2,1-2H3. The van der Waals surface area contributed by atoms with Gasteiger partial charge in [-0.3, -0.25) is 4.79 Å². The Labute approximate surface area is 128 Å². The summed E-state index contributed by atoms with van der Waals surface area (Å²) >= 11 is 0. The molecule has 4 rings (SSSR count). The predicted molar refractivity (Wildman–Crippen MR) is 82.8 cm³/mol. The van der Waals surface area contributed by atoms with Crippen LogP contribution in [0.3, 0.4) is 0 Å². The molecule has 4 fully saturated rings. The first-order valence-corrected chi connectivity index (χ1v) is 9.13. The molecule has 6 atom stereocenters. The van der Waals surface area contributed by atoms with Crippen molar-refractivity contribution in [1.82, 2.24) is 0 Å². The number of fused-ring (bicyclic) bond motifs is 5. The summed E-state index contributed by atoms with van der Waals surface area (Å²) in [6.45, 7) is 4.79. The molecule has 0 aromatic rings. The summed E-state index contributed by atoms with van der Waals surface area (Å²) in [5.41, 5.74) is 0.0731. The fourth-order valence-corrected chi connectivity index (χ4v) is 7.00. The molecule has 0 heterocycles. The molecule has 4 aliphatic rings. The molecule has 0 aliphatic heterocycles. The smallest absolute Gasteiger partial charge is 0.133 e. The minimum atomic E-state index is -0.411. The van der Waals surface area contributed by atoms with E-state index in [0.29, 0.717) is 29.0 Å². The van der Waals surface area contributed by atoms with Gasteiger partial charge in [0.15, 0.2) is 0 Å². The Bertz CT molecular complexity index is 472. The van der Waals surface area contributed by atoms with E-state index < -0.39 is 5.60 Å². The SMILES string of the molecule is CC12CCC(=O)CC1CCC1C2CCC2(C)CCCC12O. The molecule has 0 amide bonds. The topological polar surface area (TPSA) is 37.3 Å². The van der Waals surface area contributed by atoms with Crippen LogP contribution >= 0.6 is 0 Å². The van der Waals surface area contributed by atoms with E-state index in [9.17, 15) is 9.90 Å². The largest absolute Gasteiger partial charge is 0.389 e. The first-order chi connectivity index (χ1) is 9.89. The number of hydrogen-bond acceptors (Lipinski definition) is 2. The van der Waals surface area contributed by atoms with E-state index in [-0.39, 0.29) is 5.41 Å². The van der Waals surface area contributed by atoms with Gasteiger partial charge in [0.2, 0.25) is 0 Å². The van der Waals surface area contributed by atoms with Crippen molar-refractivity contribution in [1.29, 1.82) is 0 Å². The molecule has 2 heteroatoms. The highest BCUT2D eigenvalue weighted by Gasteiger charge is 2.64. The fourth-order valence-electron chi connectivity index (χ4n) is 7.00. The third-order valence-electron chi connectivity index (χ3n) is 8.46. The molecule has 0 aromatic carbocycles. The van der Waals surface area contributed by atoms with Gasteiger partial charge in [0.25, 0.3) is 0 Å². The summed E-state index contributed by atoms with van der Waals surface area (Å²) in [5, 5.41) is 11.6. The second-order valence-electron chi connectivity index (χ2n) is 9.11. The van der Waals surface area contributed by atoms with Gasteiger partial charge in [0.05, 0.1) is 5.60 Å². The highest BCUT2D eigenvalue weighted by molar-refractivity contribution is 5.79. The molecule has 0 aromatic heterocycles. The Morgan fingerprint density at radius 2 is 1.81 bits per heavy atom. The van der Waals surface area contributed by atoms with Gasteiger partial charge in [-0.25, -0.2) is 0 Å². The molecule has 4 saturated carbocycles. The Morgan fingerprint density at radius 3 is 2.62 bits per heavy atom. The van der Waals surface area contributed by atoms with Crippen LogP contribution in [-0.4, -0.2) is 16.5 Å². The van der Waals surface area contributed by atoms with E-state index in [1.165, 1.54) is 32.1 Å². The number of hydrogen-bond donors (Lipinski definition) is 1. The van der Waals surface area contributed by atoms with E-state index >= 15 is 0 Å². The van der Waals surface area contributed by atoms with Crippen molar-refractivity contribution in [3.05, 3.63) is 0 Å². The number of aliphatic hydroxyl groups is 1. The van der Waals surface area contributed by atoms with Gasteiger partial charge in [-0.05, 0) is 80.0 Å². The highest BCUT2D eigenvalue weighted by atomic mass is 16.3. The quantitative estimate of drug-likeness (QED) is 0.729. The minimum absolute atomic E-state index is 0.169. The summed E-state index contributed by atoms with van der Waals surface area (Å²) < 4.78 is 0. The van der Waals surface area contributed by atoms with Gasteiger partial charge < -0.3 is 5.11 Å². The summed E-state index contributed by atoms with van der Waals surface area (Å²) in [5.74, 6) is 2.22. The maximum Gasteiger partial charge on any atom is 0.133 e. The second kappa shape index (κ2) is 4.34. The normalized spacial score (nSPS) is 56.5. The molecule has 2 nitrogen and oxygen atoms in total. The zero-order valence-corrected chi connectivity index (χ0v) is 13.7. The first kappa shape index (κ1) is 14.2. The molecule has 21 heavy (non-hydrogen) atoms. The van der Waals surface area contributed by atoms with Crippen LogP contribution in [0.5, 0.6) is 0 Å². The monoisotopic (exact) mass is 290 g/mol. The predicted octanol–water partition coefficient (Wildman–Crippen LogP) is 4.10. The average Bonchev–Trinajstić information content (AvgIpc) is 2.75. The van der Waals surface area contributed by atoms with Crippen molar-refractivity contribution < 1.29 is 9.90 Å². The number of ketones is 1. The lowest BCUT2D eigenvalue weighted by Gasteiger charge is -2.62. The van der Waals surface area contributed by atoms with Crippen molar-refractivity contribution in [2.75, 3.05) is 0 Å². The van der Waals surface area contributed by atoms with E-state index in [2.05, 4.69) is 13.8 Å². The lowest BCUT2D eigenvalue weighted by atomic mass is 9.44. The molecule has 0 radical (unpaired) electrons. The van der Waals surface area contributed by atoms with Crippen LogP contribution in [0, 0.1) is 28.6 Å². The Morgan fingerprint density at radius 1 is 1.00 bits per heavy atom. The second-order valence-corrected chi connectivity index (χ2v) is 9.11. The van der Waals surface area contributed by atoms with Crippen molar-refractivity contribution >= 4 is 5.78 Å². The molecule has 4 aliphatic carbocycles. The van der Waals surface area contributed by atoms with Crippen LogP contribution in [0.25, 0.3) is 0 Å². The zero-order valence-electron chi connectivity index (χ0n) is 13.7. The van der Waals surface area contributed by atoms with Crippen LogP contribution in [0.15, 0.2) is 0 Å². The zero-order chi connectivity index (χ0) is 14.9. The number of rotatable bonds is 0. The van der Waals surface area contributed by atoms with Gasteiger partial charge in [0, 0.05) is 12.8 Å². The maximum atomic E-state index is 11.9. The third-order valence-corrected chi connectivity index (χ3v) is 8.46. The summed E-state index contributed by atoms with van der Waals surface area (Å²) in [7, 11) is 0. The summed E-state index contributed by atoms with van der Waals surface area (Å²) in [6, 6.07) is 0. The van der Waals surface area contributed by atoms with Crippen LogP contribution in [0.2, 0.25) is 0 Å². The molecular formula is C19H30O2. The molecule has 1 N–H and O–H groups in total. The lowest BCUT2D eigenvalue weighted by Crippen LogP contribution is -2.61. The third kappa shape index (κ3) is 1.72. The molecular weight excluding hydrogens is 260 g/mol. The van der Waals surface area contributed by atoms with Gasteiger partial charge in [-0.2, -0.15) is 0 Å². The number of Topliss-reactive ketones (excluding diaryl/α,β-unsaturated/α-hetero) is 1. The Balaban J connectivity index is 1.69. The molecule has 118 valence electrons. The van der Waals surface area contributed by atoms with Crippen molar-refractivity contribution in [3.63, 3.8) is 0 Å². The Kier molecular flexibility index (Phi) is 2.94. The van der Waals surface area contributed by atoms with Crippen molar-refractivity contribution in [2.45, 2.75) is 83.7 Å². The number of carbonyl (C=O) groups excluding carboxylic acids is 1. The fraction of sp³-hybridized carbons (Fsp3) is 0.947. The highest BCUT2D eigenvalue weighted by Crippen LogP contribution is 2.67. The Hall–Kier alpha value is -0.370. The van der Waals surface area contributed by atoms with Crippen molar-refractivity contribution in [2.24, 2.45) is 28.6 Å². The van der Waals surface area contributed by atoms with Gasteiger partial charge in [0.1, 0.15) is 5.78 Å².